The van der Waals surface area contributed by atoms with E-state index >= 15 is 0 Å². The predicted molar refractivity (Wildman–Crippen MR) is 89.3 cm³/mol. The van der Waals surface area contributed by atoms with E-state index in [1.54, 1.807) is 12.1 Å². The number of nitrogens with one attached hydrogen (secondary N) is 1. The Morgan fingerprint density at radius 3 is 2.52 bits per heavy atom. The highest BCUT2D eigenvalue weighted by atomic mass is 35.5. The summed E-state index contributed by atoms with van der Waals surface area (Å²) in [6.07, 6.45) is -0.520. The average molecular weight is 356 g/mol. The van der Waals surface area contributed by atoms with Crippen molar-refractivity contribution in [3.05, 3.63) is 69.5 Å². The third kappa shape index (κ3) is 4.67. The van der Waals surface area contributed by atoms with Crippen molar-refractivity contribution in [3.8, 4) is 0 Å². The summed E-state index contributed by atoms with van der Waals surface area (Å²) in [7, 11) is 1.54. The van der Waals surface area contributed by atoms with Gasteiger partial charge in [-0.25, -0.2) is 4.39 Å². The van der Waals surface area contributed by atoms with Crippen LogP contribution in [0.2, 0.25) is 10.0 Å². The van der Waals surface area contributed by atoms with Crippen LogP contribution >= 0.6 is 23.2 Å². The molecular formula is C17H16Cl2FNO2. The molecule has 0 saturated carbocycles. The number of methoxy groups -OCH3 is 1. The molecule has 0 radical (unpaired) electrons. The van der Waals surface area contributed by atoms with Crippen LogP contribution in [0.25, 0.3) is 0 Å². The van der Waals surface area contributed by atoms with E-state index in [0.717, 1.165) is 5.56 Å². The van der Waals surface area contributed by atoms with Crippen LogP contribution in [0.15, 0.2) is 42.5 Å². The van der Waals surface area contributed by atoms with Crippen molar-refractivity contribution in [2.75, 3.05) is 13.7 Å². The second-order valence-corrected chi connectivity index (χ2v) is 5.74. The molecule has 1 unspecified atom stereocenters. The number of rotatable bonds is 6. The van der Waals surface area contributed by atoms with Gasteiger partial charge in [0.1, 0.15) is 11.9 Å². The normalized spacial score (nSPS) is 12.0. The van der Waals surface area contributed by atoms with Gasteiger partial charge in [0, 0.05) is 34.8 Å². The maximum absolute atomic E-state index is 13.7. The quantitative estimate of drug-likeness (QED) is 0.843. The Kier molecular flexibility index (Phi) is 6.39. The number of hydrogen-bond donors (Lipinski definition) is 1. The first-order valence-electron chi connectivity index (χ1n) is 6.99. The molecule has 0 bridgehead atoms. The second kappa shape index (κ2) is 8.29. The monoisotopic (exact) mass is 355 g/mol. The highest BCUT2D eigenvalue weighted by molar-refractivity contribution is 6.31. The van der Waals surface area contributed by atoms with Gasteiger partial charge in [-0.3, -0.25) is 4.79 Å². The van der Waals surface area contributed by atoms with Crippen LogP contribution in [0.1, 0.15) is 17.2 Å². The van der Waals surface area contributed by atoms with Crippen molar-refractivity contribution in [1.82, 2.24) is 5.32 Å². The summed E-state index contributed by atoms with van der Waals surface area (Å²) in [5.74, 6) is -0.840. The minimum absolute atomic E-state index is 0.134. The minimum atomic E-state index is -0.498. The minimum Gasteiger partial charge on any atom is -0.375 e. The number of hydrogen-bond acceptors (Lipinski definition) is 2. The number of carbonyl (C=O) groups excluding carboxylic acids is 1. The van der Waals surface area contributed by atoms with Gasteiger partial charge in [0.2, 0.25) is 5.91 Å². The molecule has 0 aromatic heterocycles. The predicted octanol–water partition coefficient (Wildman–Crippen LogP) is 4.18. The third-order valence-corrected chi connectivity index (χ3v) is 4.12. The van der Waals surface area contributed by atoms with Crippen LogP contribution in [-0.4, -0.2) is 19.6 Å². The summed E-state index contributed by atoms with van der Waals surface area (Å²) in [5.41, 5.74) is 0.958. The zero-order chi connectivity index (χ0) is 16.8. The molecule has 2 aromatic carbocycles. The summed E-state index contributed by atoms with van der Waals surface area (Å²) in [5, 5.41) is 3.51. The van der Waals surface area contributed by atoms with E-state index in [4.69, 9.17) is 27.9 Å². The molecule has 3 nitrogen and oxygen atoms in total. The largest absolute Gasteiger partial charge is 0.375 e. The van der Waals surface area contributed by atoms with Crippen LogP contribution in [0.5, 0.6) is 0 Å². The first-order chi connectivity index (χ1) is 11.0. The summed E-state index contributed by atoms with van der Waals surface area (Å²) in [4.78, 5) is 12.0. The Hall–Kier alpha value is -1.62. The molecule has 23 heavy (non-hydrogen) atoms. The van der Waals surface area contributed by atoms with Crippen LogP contribution in [-0.2, 0) is 16.0 Å². The van der Waals surface area contributed by atoms with Crippen LogP contribution in [0.4, 0.5) is 4.39 Å². The molecule has 0 saturated heterocycles. The van der Waals surface area contributed by atoms with E-state index in [1.807, 2.05) is 18.2 Å². The highest BCUT2D eigenvalue weighted by Gasteiger charge is 2.16. The third-order valence-electron chi connectivity index (χ3n) is 3.42. The molecule has 1 atom stereocenters. The lowest BCUT2D eigenvalue weighted by molar-refractivity contribution is -0.121. The Bertz CT molecular complexity index is 674. The average Bonchev–Trinajstić information content (AvgIpc) is 2.53. The number of ether oxygens (including phenoxy) is 1. The fourth-order valence-electron chi connectivity index (χ4n) is 2.19. The first-order valence-corrected chi connectivity index (χ1v) is 7.75. The van der Waals surface area contributed by atoms with Gasteiger partial charge in [-0.05, 0) is 18.2 Å². The molecule has 2 rings (SSSR count). The smallest absolute Gasteiger partial charge is 0.224 e. The van der Waals surface area contributed by atoms with E-state index in [0.29, 0.717) is 5.02 Å². The lowest BCUT2D eigenvalue weighted by Crippen LogP contribution is -2.30. The molecule has 0 heterocycles. The van der Waals surface area contributed by atoms with Crippen LogP contribution in [0, 0.1) is 5.82 Å². The molecule has 6 heteroatoms. The van der Waals surface area contributed by atoms with Gasteiger partial charge in [-0.15, -0.1) is 0 Å². The summed E-state index contributed by atoms with van der Waals surface area (Å²) in [6, 6.07) is 11.6. The van der Waals surface area contributed by atoms with Crippen LogP contribution in [0.3, 0.4) is 0 Å². The van der Waals surface area contributed by atoms with Gasteiger partial charge in [0.15, 0.2) is 0 Å². The lowest BCUT2D eigenvalue weighted by atomic mass is 10.1. The molecule has 1 amide bonds. The topological polar surface area (TPSA) is 38.3 Å². The molecular weight excluding hydrogens is 340 g/mol. The Morgan fingerprint density at radius 2 is 1.87 bits per heavy atom. The fraction of sp³-hybridized carbons (Fsp3) is 0.235. The van der Waals surface area contributed by atoms with Crippen LogP contribution < -0.4 is 5.32 Å². The number of amides is 1. The summed E-state index contributed by atoms with van der Waals surface area (Å²) >= 11 is 12.0. The standard InChI is InChI=1S/C17H16Cl2FNO2/c1-23-16(11-5-2-3-6-13(11)18)10-21-17(22)9-12-14(19)7-4-8-15(12)20/h2-8,16H,9-10H2,1H3,(H,21,22). The fourth-order valence-corrected chi connectivity index (χ4v) is 2.67. The maximum atomic E-state index is 13.7. The highest BCUT2D eigenvalue weighted by Crippen LogP contribution is 2.24. The summed E-state index contributed by atoms with van der Waals surface area (Å²) in [6.45, 7) is 0.227. The van der Waals surface area contributed by atoms with E-state index < -0.39 is 5.82 Å². The van der Waals surface area contributed by atoms with Gasteiger partial charge in [-0.1, -0.05) is 47.5 Å². The van der Waals surface area contributed by atoms with E-state index in [-0.39, 0.29) is 35.6 Å². The van der Waals surface area contributed by atoms with E-state index in [1.165, 1.54) is 19.2 Å². The van der Waals surface area contributed by atoms with Gasteiger partial charge in [0.05, 0.1) is 6.42 Å². The molecule has 0 aliphatic rings. The SMILES string of the molecule is COC(CNC(=O)Cc1c(F)cccc1Cl)c1ccccc1Cl. The summed E-state index contributed by atoms with van der Waals surface area (Å²) < 4.78 is 19.1. The van der Waals surface area contributed by atoms with Gasteiger partial charge >= 0.3 is 0 Å². The van der Waals surface area contributed by atoms with Gasteiger partial charge in [0.25, 0.3) is 0 Å². The van der Waals surface area contributed by atoms with Crippen molar-refractivity contribution in [2.45, 2.75) is 12.5 Å². The molecule has 0 aliphatic carbocycles. The van der Waals surface area contributed by atoms with Gasteiger partial charge in [-0.2, -0.15) is 0 Å². The first kappa shape index (κ1) is 17.7. The molecule has 0 spiro atoms. The van der Waals surface area contributed by atoms with Crippen molar-refractivity contribution >= 4 is 29.1 Å². The van der Waals surface area contributed by atoms with Gasteiger partial charge < -0.3 is 10.1 Å². The van der Waals surface area contributed by atoms with Crippen molar-refractivity contribution < 1.29 is 13.9 Å². The van der Waals surface area contributed by atoms with Crippen molar-refractivity contribution in [2.24, 2.45) is 0 Å². The Morgan fingerprint density at radius 1 is 1.17 bits per heavy atom. The Labute approximate surface area is 144 Å². The number of carbonyl (C=O) groups is 1. The Balaban J connectivity index is 1.99. The molecule has 122 valence electrons. The molecule has 2 aromatic rings. The molecule has 0 fully saturated rings. The molecule has 0 aliphatic heterocycles. The van der Waals surface area contributed by atoms with E-state index in [2.05, 4.69) is 5.32 Å². The van der Waals surface area contributed by atoms with Crippen molar-refractivity contribution in [3.63, 3.8) is 0 Å². The van der Waals surface area contributed by atoms with Crippen molar-refractivity contribution in [1.29, 1.82) is 0 Å². The zero-order valence-corrected chi connectivity index (χ0v) is 14.0. The molecule has 1 N–H and O–H groups in total. The number of halogens is 3. The zero-order valence-electron chi connectivity index (χ0n) is 12.5. The lowest BCUT2D eigenvalue weighted by Gasteiger charge is -2.18. The number of benzene rings is 2. The van der Waals surface area contributed by atoms with E-state index in [9.17, 15) is 9.18 Å². The maximum Gasteiger partial charge on any atom is 0.224 e. The second-order valence-electron chi connectivity index (χ2n) is 4.93.